The van der Waals surface area contributed by atoms with E-state index in [4.69, 9.17) is 0 Å². The van der Waals surface area contributed by atoms with E-state index in [1.54, 1.807) is 0 Å². The summed E-state index contributed by atoms with van der Waals surface area (Å²) in [6, 6.07) is 30.0. The van der Waals surface area contributed by atoms with E-state index < -0.39 is 6.04 Å². The van der Waals surface area contributed by atoms with Crippen LogP contribution < -0.4 is 5.32 Å². The lowest BCUT2D eigenvalue weighted by Crippen LogP contribution is -2.50. The Kier molecular flexibility index (Phi) is 10.6. The molecule has 0 fully saturated rings. The van der Waals surface area contributed by atoms with E-state index in [0.29, 0.717) is 32.4 Å². The lowest BCUT2D eigenvalue weighted by atomic mass is 9.88. The van der Waals surface area contributed by atoms with Crippen molar-refractivity contribution in [2.75, 3.05) is 13.1 Å². The van der Waals surface area contributed by atoms with Crippen molar-refractivity contribution in [3.63, 3.8) is 0 Å². The molecule has 4 nitrogen and oxygen atoms in total. The highest BCUT2D eigenvalue weighted by molar-refractivity contribution is 5.88. The van der Waals surface area contributed by atoms with Gasteiger partial charge in [0.05, 0.1) is 0 Å². The van der Waals surface area contributed by atoms with Crippen molar-refractivity contribution in [1.82, 2.24) is 10.2 Å². The molecule has 1 N–H and O–H groups in total. The second-order valence-corrected chi connectivity index (χ2v) is 8.97. The maximum Gasteiger partial charge on any atom is 0.242 e. The number of amides is 2. The quantitative estimate of drug-likeness (QED) is 0.313. The molecule has 0 radical (unpaired) electrons. The summed E-state index contributed by atoms with van der Waals surface area (Å²) in [5.41, 5.74) is 3.38. The SMILES string of the molecule is CCCCNC(=O)[C@@H](CC)N(CCc1ccccc1)C(=O)CC(c1ccccc1)c1ccccc1. The van der Waals surface area contributed by atoms with E-state index in [-0.39, 0.29) is 17.7 Å². The largest absolute Gasteiger partial charge is 0.354 e. The van der Waals surface area contributed by atoms with E-state index in [1.165, 1.54) is 0 Å². The van der Waals surface area contributed by atoms with Crippen LogP contribution >= 0.6 is 0 Å². The molecule has 0 spiro atoms. The number of carbonyl (C=O) groups excluding carboxylic acids is 2. The normalized spacial score (nSPS) is 11.7. The van der Waals surface area contributed by atoms with Crippen molar-refractivity contribution >= 4 is 11.8 Å². The number of nitrogens with zero attached hydrogens (tertiary/aromatic N) is 1. The molecule has 3 aromatic carbocycles. The van der Waals surface area contributed by atoms with Crippen LogP contribution in [-0.2, 0) is 16.0 Å². The third kappa shape index (κ3) is 7.81. The molecule has 35 heavy (non-hydrogen) atoms. The number of unbranched alkanes of at least 4 members (excludes halogenated alkanes) is 1. The smallest absolute Gasteiger partial charge is 0.242 e. The number of hydrogen-bond acceptors (Lipinski definition) is 2. The standard InChI is InChI=1S/C31H38N2O2/c1-3-5-22-32-31(35)29(4-2)33(23-21-25-15-9-6-10-16-25)30(34)24-28(26-17-11-7-12-18-26)27-19-13-8-14-20-27/h6-20,28-29H,3-5,21-24H2,1-2H3,(H,32,35)/t29-/m1/s1. The van der Waals surface area contributed by atoms with Gasteiger partial charge in [0.2, 0.25) is 11.8 Å². The first-order chi connectivity index (χ1) is 17.1. The first-order valence-electron chi connectivity index (χ1n) is 12.8. The van der Waals surface area contributed by atoms with Gasteiger partial charge < -0.3 is 10.2 Å². The Hall–Kier alpha value is -3.40. The third-order valence-corrected chi connectivity index (χ3v) is 6.48. The summed E-state index contributed by atoms with van der Waals surface area (Å²) in [5, 5.41) is 3.05. The van der Waals surface area contributed by atoms with Crippen LogP contribution in [0.2, 0.25) is 0 Å². The molecule has 184 valence electrons. The van der Waals surface area contributed by atoms with Gasteiger partial charge in [-0.2, -0.15) is 0 Å². The summed E-state index contributed by atoms with van der Waals surface area (Å²) < 4.78 is 0. The van der Waals surface area contributed by atoms with Crippen LogP contribution in [0, 0.1) is 0 Å². The second-order valence-electron chi connectivity index (χ2n) is 8.97. The fraction of sp³-hybridized carbons (Fsp3) is 0.355. The first kappa shape index (κ1) is 26.2. The van der Waals surface area contributed by atoms with Gasteiger partial charge in [-0.3, -0.25) is 9.59 Å². The zero-order valence-electron chi connectivity index (χ0n) is 21.0. The van der Waals surface area contributed by atoms with Crippen LogP contribution in [0.25, 0.3) is 0 Å². The molecule has 2 amide bonds. The highest BCUT2D eigenvalue weighted by atomic mass is 16.2. The lowest BCUT2D eigenvalue weighted by Gasteiger charge is -2.32. The predicted molar refractivity (Wildman–Crippen MR) is 143 cm³/mol. The van der Waals surface area contributed by atoms with Gasteiger partial charge in [0.25, 0.3) is 0 Å². The zero-order valence-corrected chi connectivity index (χ0v) is 21.0. The number of carbonyl (C=O) groups is 2. The Bertz CT molecular complexity index is 982. The van der Waals surface area contributed by atoms with E-state index >= 15 is 0 Å². The molecule has 0 aromatic heterocycles. The van der Waals surface area contributed by atoms with Crippen LogP contribution in [0.1, 0.15) is 62.1 Å². The monoisotopic (exact) mass is 470 g/mol. The van der Waals surface area contributed by atoms with Crippen LogP contribution in [0.15, 0.2) is 91.0 Å². The van der Waals surface area contributed by atoms with Gasteiger partial charge in [0.15, 0.2) is 0 Å². The topological polar surface area (TPSA) is 49.4 Å². The molecule has 0 aliphatic rings. The number of rotatable bonds is 13. The average Bonchev–Trinajstić information content (AvgIpc) is 2.91. The Balaban J connectivity index is 1.86. The van der Waals surface area contributed by atoms with Gasteiger partial charge >= 0.3 is 0 Å². The molecular formula is C31H38N2O2. The Morgan fingerprint density at radius 2 is 1.34 bits per heavy atom. The highest BCUT2D eigenvalue weighted by Gasteiger charge is 2.30. The lowest BCUT2D eigenvalue weighted by molar-refractivity contribution is -0.140. The second kappa shape index (κ2) is 14.1. The molecule has 3 rings (SSSR count). The van der Waals surface area contributed by atoms with Crippen LogP contribution in [-0.4, -0.2) is 35.8 Å². The summed E-state index contributed by atoms with van der Waals surface area (Å²) in [6.07, 6.45) is 3.57. The van der Waals surface area contributed by atoms with E-state index in [1.807, 2.05) is 66.4 Å². The number of hydrogen-bond donors (Lipinski definition) is 1. The Morgan fingerprint density at radius 3 is 1.86 bits per heavy atom. The van der Waals surface area contributed by atoms with Gasteiger partial charge in [-0.25, -0.2) is 0 Å². The van der Waals surface area contributed by atoms with Crippen molar-refractivity contribution in [3.8, 4) is 0 Å². The van der Waals surface area contributed by atoms with Crippen molar-refractivity contribution < 1.29 is 9.59 Å². The summed E-state index contributed by atoms with van der Waals surface area (Å²) in [7, 11) is 0. The molecule has 1 atom stereocenters. The Labute approximate surface area is 210 Å². The zero-order chi connectivity index (χ0) is 24.9. The van der Waals surface area contributed by atoms with Crippen LogP contribution in [0.3, 0.4) is 0 Å². The molecule has 0 heterocycles. The van der Waals surface area contributed by atoms with E-state index in [0.717, 1.165) is 29.5 Å². The summed E-state index contributed by atoms with van der Waals surface area (Å²) in [5.74, 6) is -0.112. The number of nitrogens with one attached hydrogen (secondary N) is 1. The average molecular weight is 471 g/mol. The molecule has 0 aliphatic carbocycles. The fourth-order valence-electron chi connectivity index (χ4n) is 4.49. The van der Waals surface area contributed by atoms with E-state index in [9.17, 15) is 9.59 Å². The Morgan fingerprint density at radius 1 is 0.800 bits per heavy atom. The van der Waals surface area contributed by atoms with Crippen molar-refractivity contribution in [2.45, 2.75) is 57.9 Å². The maximum absolute atomic E-state index is 13.9. The van der Waals surface area contributed by atoms with Crippen LogP contribution in [0.4, 0.5) is 0 Å². The van der Waals surface area contributed by atoms with Gasteiger partial charge in [-0.15, -0.1) is 0 Å². The summed E-state index contributed by atoms with van der Waals surface area (Å²) in [4.78, 5) is 28.8. The summed E-state index contributed by atoms with van der Waals surface area (Å²) in [6.45, 7) is 5.24. The van der Waals surface area contributed by atoms with Crippen molar-refractivity contribution in [1.29, 1.82) is 0 Å². The van der Waals surface area contributed by atoms with Crippen molar-refractivity contribution in [3.05, 3.63) is 108 Å². The van der Waals surface area contributed by atoms with E-state index in [2.05, 4.69) is 48.6 Å². The highest BCUT2D eigenvalue weighted by Crippen LogP contribution is 2.29. The molecule has 0 unspecified atom stereocenters. The molecule has 0 bridgehead atoms. The molecular weight excluding hydrogens is 432 g/mol. The molecule has 0 saturated carbocycles. The summed E-state index contributed by atoms with van der Waals surface area (Å²) >= 11 is 0. The fourth-order valence-corrected chi connectivity index (χ4v) is 4.49. The third-order valence-electron chi connectivity index (χ3n) is 6.48. The van der Waals surface area contributed by atoms with Gasteiger partial charge in [0.1, 0.15) is 6.04 Å². The predicted octanol–water partition coefficient (Wildman–Crippen LogP) is 5.97. The number of benzene rings is 3. The maximum atomic E-state index is 13.9. The van der Waals surface area contributed by atoms with Gasteiger partial charge in [-0.1, -0.05) is 111 Å². The minimum Gasteiger partial charge on any atom is -0.354 e. The first-order valence-corrected chi connectivity index (χ1v) is 12.8. The minimum atomic E-state index is -0.477. The van der Waals surface area contributed by atoms with Gasteiger partial charge in [-0.05, 0) is 36.0 Å². The van der Waals surface area contributed by atoms with Crippen molar-refractivity contribution in [2.24, 2.45) is 0 Å². The van der Waals surface area contributed by atoms with Gasteiger partial charge in [0, 0.05) is 25.4 Å². The molecule has 0 aliphatic heterocycles. The molecule has 3 aromatic rings. The molecule has 4 heteroatoms. The molecule has 0 saturated heterocycles. The minimum absolute atomic E-state index is 0.0103. The van der Waals surface area contributed by atoms with Crippen LogP contribution in [0.5, 0.6) is 0 Å².